The Morgan fingerprint density at radius 3 is 2.54 bits per heavy atom. The van der Waals surface area contributed by atoms with E-state index in [1.807, 2.05) is 0 Å². The number of amides is 2. The van der Waals surface area contributed by atoms with Crippen molar-refractivity contribution in [2.24, 2.45) is 10.7 Å². The zero-order valence-electron chi connectivity index (χ0n) is 19.9. The number of anilines is 1. The minimum absolute atomic E-state index is 0.137. The lowest BCUT2D eigenvalue weighted by Gasteiger charge is -2.25. The monoisotopic (exact) mass is 536 g/mol. The summed E-state index contributed by atoms with van der Waals surface area (Å²) >= 11 is 7.57. The van der Waals surface area contributed by atoms with Crippen molar-refractivity contribution in [1.29, 1.82) is 0 Å². The molecule has 1 unspecified atom stereocenters. The van der Waals surface area contributed by atoms with Gasteiger partial charge >= 0.3 is 5.97 Å². The van der Waals surface area contributed by atoms with Crippen molar-refractivity contribution in [3.8, 4) is 0 Å². The molecule has 0 radical (unpaired) electrons. The van der Waals surface area contributed by atoms with Crippen LogP contribution in [0.1, 0.15) is 31.0 Å². The maximum absolute atomic E-state index is 14.0. The largest absolute Gasteiger partial charge is 0.463 e. The van der Waals surface area contributed by atoms with Gasteiger partial charge in [0.15, 0.2) is 4.80 Å². The minimum Gasteiger partial charge on any atom is -0.463 e. The van der Waals surface area contributed by atoms with E-state index >= 15 is 0 Å². The highest BCUT2D eigenvalue weighted by atomic mass is 35.5. The van der Waals surface area contributed by atoms with Gasteiger partial charge in [0, 0.05) is 10.6 Å². The first-order valence-corrected chi connectivity index (χ1v) is 12.6. The summed E-state index contributed by atoms with van der Waals surface area (Å²) in [6.07, 6.45) is 0. The molecule has 2 N–H and O–H groups in total. The quantitative estimate of drug-likeness (QED) is 0.497. The number of thiazole rings is 1. The fourth-order valence-electron chi connectivity index (χ4n) is 4.65. The topological polar surface area (TPSA) is 124 Å². The summed E-state index contributed by atoms with van der Waals surface area (Å²) in [5, 5.41) is 0.358. The average Bonchev–Trinajstić information content (AvgIpc) is 3.31. The van der Waals surface area contributed by atoms with Crippen molar-refractivity contribution < 1.29 is 19.1 Å². The van der Waals surface area contributed by atoms with Gasteiger partial charge in [-0.25, -0.2) is 9.79 Å². The molecular formula is C26H21ClN4O5S. The van der Waals surface area contributed by atoms with Crippen LogP contribution in [0.15, 0.2) is 69.6 Å². The van der Waals surface area contributed by atoms with Crippen molar-refractivity contribution in [3.63, 3.8) is 0 Å². The van der Waals surface area contributed by atoms with Gasteiger partial charge in [-0.2, -0.15) is 0 Å². The Labute approximate surface area is 219 Å². The summed E-state index contributed by atoms with van der Waals surface area (Å²) in [5.74, 6) is -1.80. The van der Waals surface area contributed by atoms with Crippen LogP contribution in [0.25, 0.3) is 5.57 Å². The van der Waals surface area contributed by atoms with E-state index in [-0.39, 0.29) is 28.8 Å². The molecule has 2 aliphatic rings. The van der Waals surface area contributed by atoms with Crippen LogP contribution in [-0.2, 0) is 19.1 Å². The van der Waals surface area contributed by atoms with Crippen LogP contribution in [0.2, 0.25) is 5.02 Å². The SMILES string of the molecule is CCOC(=O)C1=C(C)N=c2s/c(=C3/C(=O)N(CC(N)=O)c4ccccc43)c(=O)n2C1c1ccccc1Cl. The van der Waals surface area contributed by atoms with E-state index in [2.05, 4.69) is 4.99 Å². The lowest BCUT2D eigenvalue weighted by molar-refractivity contribution is -0.139. The van der Waals surface area contributed by atoms with Crippen LogP contribution in [-0.4, -0.2) is 35.5 Å². The number of allylic oxidation sites excluding steroid dienone is 1. The fraction of sp³-hybridized carbons (Fsp3) is 0.192. The molecule has 0 fully saturated rings. The molecule has 0 aliphatic carbocycles. The number of aromatic nitrogens is 1. The number of ether oxygens (including phenoxy) is 1. The smallest absolute Gasteiger partial charge is 0.338 e. The highest BCUT2D eigenvalue weighted by Gasteiger charge is 2.38. The van der Waals surface area contributed by atoms with Gasteiger partial charge in [-0.05, 0) is 31.5 Å². The van der Waals surface area contributed by atoms with E-state index in [9.17, 15) is 19.2 Å². The van der Waals surface area contributed by atoms with Gasteiger partial charge < -0.3 is 10.5 Å². The van der Waals surface area contributed by atoms with Gasteiger partial charge in [-0.1, -0.05) is 59.3 Å². The fourth-order valence-corrected chi connectivity index (χ4v) is 6.02. The number of benzene rings is 2. The van der Waals surface area contributed by atoms with E-state index in [1.54, 1.807) is 62.4 Å². The van der Waals surface area contributed by atoms with E-state index in [0.29, 0.717) is 32.3 Å². The molecule has 3 heterocycles. The third-order valence-electron chi connectivity index (χ3n) is 6.16. The van der Waals surface area contributed by atoms with Gasteiger partial charge in [-0.3, -0.25) is 23.9 Å². The number of esters is 1. The van der Waals surface area contributed by atoms with Gasteiger partial charge in [-0.15, -0.1) is 0 Å². The summed E-state index contributed by atoms with van der Waals surface area (Å²) in [6.45, 7) is 3.17. The summed E-state index contributed by atoms with van der Waals surface area (Å²) < 4.78 is 6.81. The van der Waals surface area contributed by atoms with E-state index in [1.165, 1.54) is 9.47 Å². The summed E-state index contributed by atoms with van der Waals surface area (Å²) in [5.41, 5.74) is 7.11. The number of carbonyl (C=O) groups excluding carboxylic acids is 3. The maximum atomic E-state index is 14.0. The zero-order valence-corrected chi connectivity index (χ0v) is 21.4. The van der Waals surface area contributed by atoms with Crippen LogP contribution in [0, 0.1) is 0 Å². The number of rotatable bonds is 5. The Bertz CT molecular complexity index is 1700. The van der Waals surface area contributed by atoms with Crippen LogP contribution in [0.4, 0.5) is 5.69 Å². The third-order valence-corrected chi connectivity index (χ3v) is 7.55. The number of primary amides is 1. The Hall–Kier alpha value is -4.02. The van der Waals surface area contributed by atoms with Crippen molar-refractivity contribution in [1.82, 2.24) is 4.57 Å². The van der Waals surface area contributed by atoms with Crippen LogP contribution >= 0.6 is 22.9 Å². The lowest BCUT2D eigenvalue weighted by atomic mass is 9.96. The van der Waals surface area contributed by atoms with Crippen LogP contribution in [0.5, 0.6) is 0 Å². The second kappa shape index (κ2) is 9.45. The summed E-state index contributed by atoms with van der Waals surface area (Å²) in [6, 6.07) is 12.9. The van der Waals surface area contributed by atoms with E-state index < -0.39 is 29.4 Å². The van der Waals surface area contributed by atoms with Crippen molar-refractivity contribution in [2.45, 2.75) is 19.9 Å². The normalized spacial score (nSPS) is 17.9. The number of para-hydroxylation sites is 1. The average molecular weight is 537 g/mol. The number of carbonyl (C=O) groups is 3. The van der Waals surface area contributed by atoms with Crippen molar-refractivity contribution >= 4 is 52.0 Å². The Morgan fingerprint density at radius 2 is 1.84 bits per heavy atom. The molecule has 0 saturated carbocycles. The molecule has 9 nitrogen and oxygen atoms in total. The third kappa shape index (κ3) is 3.98. The predicted molar refractivity (Wildman–Crippen MR) is 139 cm³/mol. The first-order valence-electron chi connectivity index (χ1n) is 11.4. The Morgan fingerprint density at radius 1 is 1.14 bits per heavy atom. The van der Waals surface area contributed by atoms with Gasteiger partial charge in [0.25, 0.3) is 11.5 Å². The van der Waals surface area contributed by atoms with Crippen LogP contribution < -0.4 is 25.5 Å². The number of nitrogens with two attached hydrogens (primary N) is 1. The van der Waals surface area contributed by atoms with E-state index in [4.69, 9.17) is 22.1 Å². The number of hydrogen-bond acceptors (Lipinski definition) is 7. The van der Waals surface area contributed by atoms with E-state index in [0.717, 1.165) is 11.3 Å². The number of nitrogens with zero attached hydrogens (tertiary/aromatic N) is 3. The van der Waals surface area contributed by atoms with Gasteiger partial charge in [0.05, 0.1) is 29.1 Å². The molecule has 0 saturated heterocycles. The molecule has 3 aromatic rings. The Kier molecular flexibility index (Phi) is 6.30. The van der Waals surface area contributed by atoms with Crippen molar-refractivity contribution in [3.05, 3.63) is 95.6 Å². The zero-order chi connectivity index (χ0) is 26.4. The number of hydrogen-bond donors (Lipinski definition) is 1. The van der Waals surface area contributed by atoms with Crippen molar-refractivity contribution in [2.75, 3.05) is 18.1 Å². The second-order valence-electron chi connectivity index (χ2n) is 8.39. The molecule has 1 aromatic heterocycles. The molecule has 0 spiro atoms. The number of halogens is 1. The molecule has 11 heteroatoms. The molecule has 2 aliphatic heterocycles. The predicted octanol–water partition coefficient (Wildman–Crippen LogP) is 1.65. The van der Waals surface area contributed by atoms with Crippen LogP contribution in [0.3, 0.4) is 0 Å². The molecule has 188 valence electrons. The maximum Gasteiger partial charge on any atom is 0.338 e. The highest BCUT2D eigenvalue weighted by Crippen LogP contribution is 2.36. The minimum atomic E-state index is -0.910. The lowest BCUT2D eigenvalue weighted by Crippen LogP contribution is -2.41. The highest BCUT2D eigenvalue weighted by molar-refractivity contribution is 7.07. The number of fused-ring (bicyclic) bond motifs is 2. The summed E-state index contributed by atoms with van der Waals surface area (Å²) in [7, 11) is 0. The molecule has 2 aromatic carbocycles. The molecule has 1 atom stereocenters. The first kappa shape index (κ1) is 24.7. The standard InChI is InChI=1S/C26H21ClN4O5S/c1-3-36-25(35)19-13(2)29-26-31(21(19)14-8-4-6-10-16(14)27)24(34)22(37-26)20-15-9-5-7-11-17(15)30(23(20)33)12-18(28)32/h4-11,21H,3,12H2,1-2H3,(H2,28,32)/b22-20+. The second-order valence-corrected chi connectivity index (χ2v) is 9.78. The van der Waals surface area contributed by atoms with Gasteiger partial charge in [0.2, 0.25) is 5.91 Å². The first-order chi connectivity index (χ1) is 17.7. The van der Waals surface area contributed by atoms with Gasteiger partial charge in [0.1, 0.15) is 17.1 Å². The molecule has 2 amide bonds. The molecular weight excluding hydrogens is 516 g/mol. The summed E-state index contributed by atoms with van der Waals surface area (Å²) in [4.78, 5) is 58.3. The molecule has 0 bridgehead atoms. The Balaban J connectivity index is 1.83. The molecule has 5 rings (SSSR count). The molecule has 37 heavy (non-hydrogen) atoms.